The van der Waals surface area contributed by atoms with Gasteiger partial charge in [-0.3, -0.25) is 9.48 Å². The number of hydrogen-bond donors (Lipinski definition) is 1. The quantitative estimate of drug-likeness (QED) is 0.751. The number of aryl methyl sites for hydroxylation is 2. The lowest BCUT2D eigenvalue weighted by Crippen LogP contribution is -2.13. The second-order valence-electron chi connectivity index (χ2n) is 4.09. The average Bonchev–Trinajstić information content (AvgIpc) is 2.74. The van der Waals surface area contributed by atoms with Crippen molar-refractivity contribution < 1.29 is 4.79 Å². The summed E-state index contributed by atoms with van der Waals surface area (Å²) in [4.78, 5) is 12.3. The summed E-state index contributed by atoms with van der Waals surface area (Å²) in [7, 11) is 1.82. The van der Waals surface area contributed by atoms with E-state index in [0.717, 1.165) is 25.8 Å². The number of carbonyl (C=O) groups excluding carboxylic acids is 1. The Morgan fingerprint density at radius 1 is 1.53 bits per heavy atom. The van der Waals surface area contributed by atoms with Crippen LogP contribution in [0.4, 0.5) is 5.69 Å². The molecule has 19 heavy (non-hydrogen) atoms. The molecular weight excluding hydrogens is 421 g/mol. The number of carbonyl (C=O) groups is 1. The molecule has 0 spiro atoms. The van der Waals surface area contributed by atoms with Crippen LogP contribution < -0.4 is 5.32 Å². The van der Waals surface area contributed by atoms with Crippen molar-refractivity contribution >= 4 is 50.1 Å². The second-order valence-corrected chi connectivity index (χ2v) is 6.19. The number of hydrogen-bond acceptors (Lipinski definition) is 2. The molecule has 0 radical (unpaired) electrons. The molecule has 0 fully saturated rings. The van der Waals surface area contributed by atoms with Gasteiger partial charge in [0, 0.05) is 21.3 Å². The number of amides is 1. The Balaban J connectivity index is 2.25. The van der Waals surface area contributed by atoms with Gasteiger partial charge in [-0.05, 0) is 63.1 Å². The Hall–Kier alpha value is -0.890. The molecule has 100 valence electrons. The molecule has 0 atom stereocenters. The summed E-state index contributed by atoms with van der Waals surface area (Å²) in [5, 5.41) is 7.17. The first-order valence-electron chi connectivity index (χ1n) is 5.80. The van der Waals surface area contributed by atoms with Crippen LogP contribution in [0, 0.1) is 3.57 Å². The highest BCUT2D eigenvalue weighted by Crippen LogP contribution is 2.25. The molecule has 1 aromatic heterocycles. The van der Waals surface area contributed by atoms with Crippen LogP contribution in [-0.2, 0) is 13.5 Å². The third-order valence-electron chi connectivity index (χ3n) is 2.66. The molecule has 1 amide bonds. The van der Waals surface area contributed by atoms with E-state index in [-0.39, 0.29) is 5.91 Å². The lowest BCUT2D eigenvalue weighted by Gasteiger charge is -2.07. The predicted octanol–water partition coefficient (Wildman–Crippen LogP) is 3.60. The summed E-state index contributed by atoms with van der Waals surface area (Å²) >= 11 is 5.67. The van der Waals surface area contributed by atoms with E-state index in [9.17, 15) is 4.79 Å². The van der Waals surface area contributed by atoms with Crippen molar-refractivity contribution in [1.82, 2.24) is 9.78 Å². The van der Waals surface area contributed by atoms with Crippen LogP contribution in [0.5, 0.6) is 0 Å². The van der Waals surface area contributed by atoms with Gasteiger partial charge in [-0.1, -0.05) is 6.92 Å². The van der Waals surface area contributed by atoms with Crippen molar-refractivity contribution in [3.8, 4) is 0 Å². The fraction of sp³-hybridized carbons (Fsp3) is 0.231. The minimum Gasteiger partial charge on any atom is -0.321 e. The van der Waals surface area contributed by atoms with Gasteiger partial charge in [0.25, 0.3) is 5.91 Å². The number of aromatic nitrogens is 2. The highest BCUT2D eigenvalue weighted by atomic mass is 127. The first-order chi connectivity index (χ1) is 9.01. The molecule has 4 nitrogen and oxygen atoms in total. The first-order valence-corrected chi connectivity index (χ1v) is 7.67. The van der Waals surface area contributed by atoms with Crippen LogP contribution >= 0.6 is 38.5 Å². The van der Waals surface area contributed by atoms with E-state index in [1.165, 1.54) is 0 Å². The smallest absolute Gasteiger partial charge is 0.259 e. The first kappa shape index (κ1) is 14.5. The maximum atomic E-state index is 12.3. The normalized spacial score (nSPS) is 10.5. The molecule has 0 unspecified atom stereocenters. The van der Waals surface area contributed by atoms with Gasteiger partial charge in [-0.15, -0.1) is 0 Å². The molecule has 0 aliphatic heterocycles. The number of benzene rings is 1. The van der Waals surface area contributed by atoms with E-state index in [4.69, 9.17) is 0 Å². The third-order valence-corrected chi connectivity index (χ3v) is 3.99. The number of anilines is 1. The summed E-state index contributed by atoms with van der Waals surface area (Å²) < 4.78 is 3.64. The number of rotatable bonds is 3. The Morgan fingerprint density at radius 2 is 2.26 bits per heavy atom. The maximum absolute atomic E-state index is 12.3. The zero-order valence-corrected chi connectivity index (χ0v) is 14.3. The van der Waals surface area contributed by atoms with Crippen molar-refractivity contribution in [2.24, 2.45) is 7.05 Å². The Morgan fingerprint density at radius 3 is 2.89 bits per heavy atom. The minimum absolute atomic E-state index is 0.133. The van der Waals surface area contributed by atoms with Crippen LogP contribution in [-0.4, -0.2) is 15.7 Å². The molecule has 2 aromatic rings. The van der Waals surface area contributed by atoms with Crippen molar-refractivity contribution in [3.63, 3.8) is 0 Å². The lowest BCUT2D eigenvalue weighted by molar-refractivity contribution is 0.102. The van der Waals surface area contributed by atoms with Gasteiger partial charge in [-0.25, -0.2) is 0 Å². The van der Waals surface area contributed by atoms with E-state index in [0.29, 0.717) is 5.56 Å². The molecule has 0 aliphatic carbocycles. The lowest BCUT2D eigenvalue weighted by atomic mass is 10.2. The summed E-state index contributed by atoms with van der Waals surface area (Å²) in [5.41, 5.74) is 2.19. The molecule has 1 N–H and O–H groups in total. The molecule has 0 bridgehead atoms. The summed E-state index contributed by atoms with van der Waals surface area (Å²) in [6.07, 6.45) is 2.48. The zero-order valence-electron chi connectivity index (χ0n) is 10.6. The molecule has 2 rings (SSSR count). The molecule has 1 heterocycles. The average molecular weight is 434 g/mol. The van der Waals surface area contributed by atoms with E-state index in [2.05, 4.69) is 48.9 Å². The van der Waals surface area contributed by atoms with E-state index in [1.807, 2.05) is 32.2 Å². The maximum Gasteiger partial charge on any atom is 0.259 e. The van der Waals surface area contributed by atoms with Crippen molar-refractivity contribution in [3.05, 3.63) is 43.7 Å². The molecule has 0 saturated carbocycles. The molecule has 0 aliphatic rings. The molecule has 1 aromatic carbocycles. The van der Waals surface area contributed by atoms with Crippen LogP contribution in [0.25, 0.3) is 0 Å². The predicted molar refractivity (Wildman–Crippen MR) is 87.4 cm³/mol. The topological polar surface area (TPSA) is 46.9 Å². The van der Waals surface area contributed by atoms with Gasteiger partial charge in [0.2, 0.25) is 0 Å². The van der Waals surface area contributed by atoms with Crippen LogP contribution in [0.2, 0.25) is 0 Å². The Kier molecular flexibility index (Phi) is 4.62. The number of nitrogens with zero attached hydrogens (tertiary/aromatic N) is 2. The van der Waals surface area contributed by atoms with Crippen LogP contribution in [0.15, 0.2) is 28.9 Å². The van der Waals surface area contributed by atoms with Gasteiger partial charge < -0.3 is 5.32 Å². The SMILES string of the molecule is CCc1nn(C)cc1C(=O)Nc1ccc(I)cc1Br. The van der Waals surface area contributed by atoms with Gasteiger partial charge >= 0.3 is 0 Å². The largest absolute Gasteiger partial charge is 0.321 e. The van der Waals surface area contributed by atoms with Gasteiger partial charge in [0.05, 0.1) is 16.9 Å². The fourth-order valence-electron chi connectivity index (χ4n) is 1.77. The summed E-state index contributed by atoms with van der Waals surface area (Å²) in [5.74, 6) is -0.133. The van der Waals surface area contributed by atoms with Gasteiger partial charge in [-0.2, -0.15) is 5.10 Å². The van der Waals surface area contributed by atoms with Crippen LogP contribution in [0.1, 0.15) is 23.0 Å². The monoisotopic (exact) mass is 433 g/mol. The van der Waals surface area contributed by atoms with E-state index < -0.39 is 0 Å². The number of halogens is 2. The van der Waals surface area contributed by atoms with Crippen molar-refractivity contribution in [1.29, 1.82) is 0 Å². The molecule has 0 saturated heterocycles. The highest BCUT2D eigenvalue weighted by Gasteiger charge is 2.15. The minimum atomic E-state index is -0.133. The van der Waals surface area contributed by atoms with Crippen molar-refractivity contribution in [2.45, 2.75) is 13.3 Å². The molecule has 6 heteroatoms. The van der Waals surface area contributed by atoms with E-state index in [1.54, 1.807) is 10.9 Å². The third kappa shape index (κ3) is 3.36. The van der Waals surface area contributed by atoms with Crippen molar-refractivity contribution in [2.75, 3.05) is 5.32 Å². The van der Waals surface area contributed by atoms with Gasteiger partial charge in [0.1, 0.15) is 0 Å². The Labute approximate surface area is 133 Å². The van der Waals surface area contributed by atoms with Gasteiger partial charge in [0.15, 0.2) is 0 Å². The second kappa shape index (κ2) is 6.04. The summed E-state index contributed by atoms with van der Waals surface area (Å²) in [6.45, 7) is 1.99. The zero-order chi connectivity index (χ0) is 14.0. The number of nitrogens with one attached hydrogen (secondary N) is 1. The Bertz CT molecular complexity index is 624. The summed E-state index contributed by atoms with van der Waals surface area (Å²) in [6, 6.07) is 5.79. The standard InChI is InChI=1S/C13H13BrIN3O/c1-3-11-9(7-18(2)17-11)13(19)16-12-5-4-8(15)6-10(12)14/h4-7H,3H2,1-2H3,(H,16,19). The van der Waals surface area contributed by atoms with E-state index >= 15 is 0 Å². The molecular formula is C13H13BrIN3O. The van der Waals surface area contributed by atoms with Crippen LogP contribution in [0.3, 0.4) is 0 Å². The fourth-order valence-corrected chi connectivity index (χ4v) is 3.16. The highest BCUT2D eigenvalue weighted by molar-refractivity contribution is 14.1.